The topological polar surface area (TPSA) is 91.0 Å². The Bertz CT molecular complexity index is 838. The van der Waals surface area contributed by atoms with E-state index in [2.05, 4.69) is 20.5 Å². The van der Waals surface area contributed by atoms with Gasteiger partial charge < -0.3 is 10.2 Å². The van der Waals surface area contributed by atoms with E-state index in [1.54, 1.807) is 0 Å². The molecule has 11 heteroatoms. The highest BCUT2D eigenvalue weighted by molar-refractivity contribution is 7.99. The number of hydrogen-bond donors (Lipinski definition) is 2. The normalized spacial score (nSPS) is 11.5. The van der Waals surface area contributed by atoms with Crippen LogP contribution in [0.3, 0.4) is 0 Å². The lowest BCUT2D eigenvalue weighted by Crippen LogP contribution is -2.36. The van der Waals surface area contributed by atoms with E-state index in [-0.39, 0.29) is 29.8 Å². The van der Waals surface area contributed by atoms with Gasteiger partial charge in [0.15, 0.2) is 0 Å². The molecular formula is C17H20F3N5O2S. The summed E-state index contributed by atoms with van der Waals surface area (Å²) in [6.45, 7) is 3.52. The van der Waals surface area contributed by atoms with Crippen molar-refractivity contribution in [1.82, 2.24) is 20.1 Å². The number of benzene rings is 1. The molecule has 0 aliphatic carbocycles. The number of nitrogens with zero attached hydrogens (tertiary/aromatic N) is 3. The van der Waals surface area contributed by atoms with Crippen molar-refractivity contribution < 1.29 is 22.8 Å². The van der Waals surface area contributed by atoms with Crippen LogP contribution in [-0.4, -0.2) is 51.2 Å². The van der Waals surface area contributed by atoms with Crippen LogP contribution in [0.25, 0.3) is 0 Å². The first kappa shape index (κ1) is 21.7. The molecule has 0 radical (unpaired) electrons. The van der Waals surface area contributed by atoms with Crippen LogP contribution in [0.5, 0.6) is 0 Å². The van der Waals surface area contributed by atoms with Gasteiger partial charge in [0.1, 0.15) is 5.82 Å². The number of nitrogens with one attached hydrogen (secondary N) is 2. The van der Waals surface area contributed by atoms with Crippen molar-refractivity contribution in [1.29, 1.82) is 0 Å². The van der Waals surface area contributed by atoms with Crippen LogP contribution in [0.15, 0.2) is 29.4 Å². The highest BCUT2D eigenvalue weighted by Crippen LogP contribution is 2.34. The minimum Gasteiger partial charge on any atom is -0.336 e. The van der Waals surface area contributed by atoms with E-state index in [1.165, 1.54) is 19.2 Å². The fourth-order valence-electron chi connectivity index (χ4n) is 2.15. The molecule has 2 rings (SSSR count). The number of carbonyl (C=O) groups excluding carboxylic acids is 2. The van der Waals surface area contributed by atoms with Gasteiger partial charge >= 0.3 is 6.18 Å². The second-order valence-electron chi connectivity index (χ2n) is 6.29. The average Bonchev–Trinajstić information content (AvgIpc) is 3.08. The summed E-state index contributed by atoms with van der Waals surface area (Å²) in [5, 5.41) is 9.37. The molecule has 0 spiro atoms. The van der Waals surface area contributed by atoms with E-state index in [9.17, 15) is 22.8 Å². The van der Waals surface area contributed by atoms with Gasteiger partial charge in [-0.2, -0.15) is 13.2 Å². The lowest BCUT2D eigenvalue weighted by molar-refractivity contribution is -0.137. The van der Waals surface area contributed by atoms with Gasteiger partial charge in [0.05, 0.1) is 23.5 Å². The third-order valence-corrected chi connectivity index (χ3v) is 4.50. The summed E-state index contributed by atoms with van der Waals surface area (Å²) < 4.78 is 38.9. The van der Waals surface area contributed by atoms with Crippen LogP contribution in [0, 0.1) is 0 Å². The Morgan fingerprint density at radius 2 is 1.96 bits per heavy atom. The zero-order chi connectivity index (χ0) is 20.9. The fourth-order valence-corrected chi connectivity index (χ4v) is 2.90. The Balaban J connectivity index is 1.89. The molecule has 0 saturated carbocycles. The minimum absolute atomic E-state index is 0.00168. The number of aromatic nitrogens is 3. The third kappa shape index (κ3) is 5.98. The van der Waals surface area contributed by atoms with Crippen LogP contribution in [0.1, 0.15) is 31.2 Å². The molecule has 0 saturated heterocycles. The first-order valence-corrected chi connectivity index (χ1v) is 9.31. The lowest BCUT2D eigenvalue weighted by atomic mass is 10.1. The van der Waals surface area contributed by atoms with Crippen molar-refractivity contribution in [3.63, 3.8) is 0 Å². The second-order valence-corrected chi connectivity index (χ2v) is 7.23. The quantitative estimate of drug-likeness (QED) is 0.678. The molecule has 2 amide bonds. The van der Waals surface area contributed by atoms with E-state index < -0.39 is 17.6 Å². The number of halogens is 3. The Kier molecular flexibility index (Phi) is 7.05. The van der Waals surface area contributed by atoms with Crippen molar-refractivity contribution >= 4 is 29.3 Å². The molecular weight excluding hydrogens is 395 g/mol. The largest absolute Gasteiger partial charge is 0.418 e. The molecule has 0 atom stereocenters. The number of rotatable bonds is 7. The minimum atomic E-state index is -4.59. The number of anilines is 1. The summed E-state index contributed by atoms with van der Waals surface area (Å²) in [4.78, 5) is 29.6. The molecule has 1 heterocycles. The maximum Gasteiger partial charge on any atom is 0.418 e. The first-order valence-electron chi connectivity index (χ1n) is 8.33. The number of likely N-dealkylation sites (N-methyl/N-ethyl adjacent to an activating group) is 1. The van der Waals surface area contributed by atoms with E-state index in [1.807, 2.05) is 13.8 Å². The number of H-pyrrole nitrogens is 1. The standard InChI is InChI=1S/C17H20F3N5O2S/c1-10(2)15-22-16(24-23-15)28-9-14(27)25(3)8-13(26)21-12-7-5-4-6-11(12)17(18,19)20/h4-7,10H,8-9H2,1-3H3,(H,21,26)(H,22,23,24). The van der Waals surface area contributed by atoms with Crippen LogP contribution < -0.4 is 5.32 Å². The third-order valence-electron chi connectivity index (χ3n) is 3.67. The number of para-hydroxylation sites is 1. The molecule has 1 aromatic heterocycles. The summed E-state index contributed by atoms with van der Waals surface area (Å²) in [6.07, 6.45) is -4.59. The van der Waals surface area contributed by atoms with Gasteiger partial charge in [-0.15, -0.1) is 5.10 Å². The molecule has 0 fully saturated rings. The van der Waals surface area contributed by atoms with Crippen LogP contribution in [-0.2, 0) is 15.8 Å². The summed E-state index contributed by atoms with van der Waals surface area (Å²) in [7, 11) is 1.40. The SMILES string of the molecule is CC(C)c1nc(SCC(=O)N(C)CC(=O)Nc2ccccc2C(F)(F)F)n[nH]1. The van der Waals surface area contributed by atoms with E-state index in [4.69, 9.17) is 0 Å². The lowest BCUT2D eigenvalue weighted by Gasteiger charge is -2.18. The van der Waals surface area contributed by atoms with E-state index >= 15 is 0 Å². The van der Waals surface area contributed by atoms with Crippen molar-refractivity contribution in [2.24, 2.45) is 0 Å². The van der Waals surface area contributed by atoms with Gasteiger partial charge in [0.2, 0.25) is 17.0 Å². The Morgan fingerprint density at radius 1 is 1.29 bits per heavy atom. The number of carbonyl (C=O) groups is 2. The zero-order valence-electron chi connectivity index (χ0n) is 15.5. The van der Waals surface area contributed by atoms with Crippen molar-refractivity contribution in [2.45, 2.75) is 31.1 Å². The second kappa shape index (κ2) is 9.09. The van der Waals surface area contributed by atoms with Crippen LogP contribution >= 0.6 is 11.8 Å². The van der Waals surface area contributed by atoms with Crippen molar-refractivity contribution in [2.75, 3.05) is 24.7 Å². The van der Waals surface area contributed by atoms with Gasteiger partial charge in [-0.1, -0.05) is 37.7 Å². The smallest absolute Gasteiger partial charge is 0.336 e. The summed E-state index contributed by atoms with van der Waals surface area (Å²) >= 11 is 1.11. The summed E-state index contributed by atoms with van der Waals surface area (Å²) in [5.74, 6) is -0.231. The Labute approximate surface area is 164 Å². The van der Waals surface area contributed by atoms with Gasteiger partial charge in [0, 0.05) is 13.0 Å². The molecule has 2 aromatic rings. The van der Waals surface area contributed by atoms with Crippen LogP contribution in [0.2, 0.25) is 0 Å². The Morgan fingerprint density at radius 3 is 2.57 bits per heavy atom. The predicted molar refractivity (Wildman–Crippen MR) is 98.9 cm³/mol. The van der Waals surface area contributed by atoms with Gasteiger partial charge in [-0.25, -0.2) is 4.98 Å². The number of amides is 2. The number of thioether (sulfide) groups is 1. The number of hydrogen-bond acceptors (Lipinski definition) is 5. The highest BCUT2D eigenvalue weighted by atomic mass is 32.2. The van der Waals surface area contributed by atoms with E-state index in [0.29, 0.717) is 11.0 Å². The molecule has 0 unspecified atom stereocenters. The first-order chi connectivity index (χ1) is 13.1. The Hall–Kier alpha value is -2.56. The fraction of sp³-hybridized carbons (Fsp3) is 0.412. The van der Waals surface area contributed by atoms with Gasteiger partial charge in [-0.05, 0) is 12.1 Å². The maximum atomic E-state index is 13.0. The van der Waals surface area contributed by atoms with E-state index in [0.717, 1.165) is 28.8 Å². The summed E-state index contributed by atoms with van der Waals surface area (Å²) in [5.41, 5.74) is -1.30. The highest BCUT2D eigenvalue weighted by Gasteiger charge is 2.33. The molecule has 1 aromatic carbocycles. The molecule has 0 aliphatic heterocycles. The zero-order valence-corrected chi connectivity index (χ0v) is 16.3. The molecule has 7 nitrogen and oxygen atoms in total. The predicted octanol–water partition coefficient (Wildman–Crippen LogP) is 3.14. The monoisotopic (exact) mass is 415 g/mol. The number of aromatic amines is 1. The summed E-state index contributed by atoms with van der Waals surface area (Å²) in [6, 6.07) is 4.66. The van der Waals surface area contributed by atoms with Gasteiger partial charge in [0.25, 0.3) is 0 Å². The molecule has 152 valence electrons. The molecule has 2 N–H and O–H groups in total. The number of alkyl halides is 3. The average molecular weight is 415 g/mol. The van der Waals surface area contributed by atoms with Gasteiger partial charge in [-0.3, -0.25) is 14.7 Å². The van der Waals surface area contributed by atoms with Crippen molar-refractivity contribution in [3.8, 4) is 0 Å². The molecule has 0 bridgehead atoms. The maximum absolute atomic E-state index is 13.0. The van der Waals surface area contributed by atoms with Crippen molar-refractivity contribution in [3.05, 3.63) is 35.7 Å². The van der Waals surface area contributed by atoms with Crippen LogP contribution in [0.4, 0.5) is 18.9 Å². The molecule has 0 aliphatic rings. The molecule has 28 heavy (non-hydrogen) atoms.